The Morgan fingerprint density at radius 1 is 0.952 bits per heavy atom. The van der Waals surface area contributed by atoms with E-state index in [1.807, 2.05) is 0 Å². The van der Waals surface area contributed by atoms with Crippen LogP contribution in [0.5, 0.6) is 17.2 Å². The van der Waals surface area contributed by atoms with E-state index in [0.717, 1.165) is 12.1 Å². The summed E-state index contributed by atoms with van der Waals surface area (Å²) in [5, 5.41) is 20.1. The Labute approximate surface area is 124 Å². The molecule has 0 aliphatic heterocycles. The SMILES string of the molecule is [2H]C([2H])([2H])Oc1cc(O)c2c(c1)C(=O)c1cc(C)cc(O)c1C2=O. The molecule has 1 aliphatic rings. The van der Waals surface area contributed by atoms with Crippen molar-refractivity contribution in [2.24, 2.45) is 0 Å². The first-order valence-electron chi connectivity index (χ1n) is 7.57. The molecule has 106 valence electrons. The lowest BCUT2D eigenvalue weighted by Gasteiger charge is -2.20. The quantitative estimate of drug-likeness (QED) is 0.716. The first-order chi connectivity index (χ1) is 11.1. The molecule has 0 bridgehead atoms. The van der Waals surface area contributed by atoms with Crippen molar-refractivity contribution in [3.05, 3.63) is 52.1 Å². The van der Waals surface area contributed by atoms with E-state index in [9.17, 15) is 19.8 Å². The molecule has 2 aromatic rings. The number of carbonyl (C=O) groups excluding carboxylic acids is 2. The van der Waals surface area contributed by atoms with Gasteiger partial charge in [0, 0.05) is 17.2 Å². The number of hydrogen-bond donors (Lipinski definition) is 2. The first kappa shape index (κ1) is 9.99. The number of aryl methyl sites for hydroxylation is 1. The molecule has 0 fully saturated rings. The standard InChI is InChI=1S/C16H12O5/c1-7-3-9-13(11(17)4-7)16(20)14-10(15(9)19)5-8(21-2)6-12(14)18/h3-6,17-18H,1-2H3/i2D3. The van der Waals surface area contributed by atoms with Crippen LogP contribution < -0.4 is 4.74 Å². The number of hydrogen-bond acceptors (Lipinski definition) is 5. The van der Waals surface area contributed by atoms with Crippen LogP contribution in [0.4, 0.5) is 0 Å². The lowest BCUT2D eigenvalue weighted by atomic mass is 9.82. The van der Waals surface area contributed by atoms with Gasteiger partial charge in [0.1, 0.15) is 17.2 Å². The minimum atomic E-state index is -2.77. The molecule has 1 aliphatic carbocycles. The monoisotopic (exact) mass is 287 g/mol. The maximum atomic E-state index is 12.7. The molecule has 0 saturated carbocycles. The van der Waals surface area contributed by atoms with Crippen molar-refractivity contribution >= 4 is 11.6 Å². The van der Waals surface area contributed by atoms with Crippen molar-refractivity contribution in [3.63, 3.8) is 0 Å². The summed E-state index contributed by atoms with van der Waals surface area (Å²) in [5.74, 6) is -2.51. The van der Waals surface area contributed by atoms with E-state index in [-0.39, 0.29) is 33.8 Å². The first-order valence-corrected chi connectivity index (χ1v) is 6.07. The second-order valence-corrected chi connectivity index (χ2v) is 4.83. The minimum absolute atomic E-state index is 0.00423. The van der Waals surface area contributed by atoms with Gasteiger partial charge in [-0.15, -0.1) is 0 Å². The number of ether oxygens (including phenoxy) is 1. The molecule has 0 spiro atoms. The Morgan fingerprint density at radius 3 is 2.24 bits per heavy atom. The lowest BCUT2D eigenvalue weighted by molar-refractivity contribution is 0.0974. The van der Waals surface area contributed by atoms with Crippen LogP contribution >= 0.6 is 0 Å². The summed E-state index contributed by atoms with van der Waals surface area (Å²) in [6, 6.07) is 4.85. The molecule has 2 N–H and O–H groups in total. The van der Waals surface area contributed by atoms with Gasteiger partial charge in [-0.05, 0) is 30.7 Å². The molecule has 0 aromatic heterocycles. The van der Waals surface area contributed by atoms with Gasteiger partial charge in [0.2, 0.25) is 5.78 Å². The third kappa shape index (κ3) is 1.78. The van der Waals surface area contributed by atoms with Gasteiger partial charge in [0.25, 0.3) is 0 Å². The van der Waals surface area contributed by atoms with Gasteiger partial charge in [-0.1, -0.05) is 0 Å². The Morgan fingerprint density at radius 2 is 1.57 bits per heavy atom. The highest BCUT2D eigenvalue weighted by molar-refractivity contribution is 6.30. The average Bonchev–Trinajstić information content (AvgIpc) is 2.41. The fraction of sp³-hybridized carbons (Fsp3) is 0.125. The summed E-state index contributed by atoms with van der Waals surface area (Å²) in [7, 11) is -2.77. The van der Waals surface area contributed by atoms with E-state index in [2.05, 4.69) is 0 Å². The Hall–Kier alpha value is -2.82. The van der Waals surface area contributed by atoms with E-state index in [0.29, 0.717) is 5.56 Å². The highest BCUT2D eigenvalue weighted by Crippen LogP contribution is 2.39. The molecule has 21 heavy (non-hydrogen) atoms. The van der Waals surface area contributed by atoms with Gasteiger partial charge in [-0.2, -0.15) is 0 Å². The molecule has 0 radical (unpaired) electrons. The molecule has 0 unspecified atom stereocenters. The number of methoxy groups -OCH3 is 1. The smallest absolute Gasteiger partial charge is 0.201 e. The summed E-state index contributed by atoms with van der Waals surface area (Å²) in [5.41, 5.74) is -0.0652. The fourth-order valence-corrected chi connectivity index (χ4v) is 2.53. The van der Waals surface area contributed by atoms with Gasteiger partial charge in [-0.3, -0.25) is 9.59 Å². The third-order valence-electron chi connectivity index (χ3n) is 3.41. The molecule has 3 rings (SSSR count). The number of phenols is 2. The summed E-state index contributed by atoms with van der Waals surface area (Å²) < 4.78 is 26.0. The van der Waals surface area contributed by atoms with Crippen LogP contribution in [0.2, 0.25) is 0 Å². The van der Waals surface area contributed by atoms with E-state index in [1.54, 1.807) is 6.92 Å². The Balaban J connectivity index is 2.23. The van der Waals surface area contributed by atoms with E-state index >= 15 is 0 Å². The van der Waals surface area contributed by atoms with Crippen LogP contribution in [-0.2, 0) is 0 Å². The largest absolute Gasteiger partial charge is 0.507 e. The van der Waals surface area contributed by atoms with Crippen molar-refractivity contribution < 1.29 is 28.7 Å². The molecule has 0 atom stereocenters. The van der Waals surface area contributed by atoms with Crippen LogP contribution in [-0.4, -0.2) is 28.8 Å². The number of fused-ring (bicyclic) bond motifs is 2. The van der Waals surface area contributed by atoms with Crippen LogP contribution in [0.1, 0.15) is 41.5 Å². The maximum absolute atomic E-state index is 12.7. The van der Waals surface area contributed by atoms with E-state index in [4.69, 9.17) is 8.85 Å². The van der Waals surface area contributed by atoms with Crippen molar-refractivity contribution in [3.8, 4) is 17.2 Å². The van der Waals surface area contributed by atoms with Crippen molar-refractivity contribution in [1.29, 1.82) is 0 Å². The number of aromatic hydroxyl groups is 2. The molecular formula is C16H12O5. The van der Waals surface area contributed by atoms with Crippen LogP contribution in [0.25, 0.3) is 0 Å². The van der Waals surface area contributed by atoms with Crippen LogP contribution in [0.15, 0.2) is 24.3 Å². The predicted octanol–water partition coefficient (Wildman–Crippen LogP) is 2.19. The van der Waals surface area contributed by atoms with E-state index < -0.39 is 24.4 Å². The molecule has 0 amide bonds. The molecular weight excluding hydrogens is 272 g/mol. The highest BCUT2D eigenvalue weighted by atomic mass is 16.5. The summed E-state index contributed by atoms with van der Waals surface area (Å²) in [6.07, 6.45) is 0. The normalized spacial score (nSPS) is 15.6. The topological polar surface area (TPSA) is 83.8 Å². The summed E-state index contributed by atoms with van der Waals surface area (Å²) in [4.78, 5) is 25.2. The van der Waals surface area contributed by atoms with Crippen molar-refractivity contribution in [2.75, 3.05) is 7.04 Å². The maximum Gasteiger partial charge on any atom is 0.201 e. The highest BCUT2D eigenvalue weighted by Gasteiger charge is 2.35. The minimum Gasteiger partial charge on any atom is -0.507 e. The number of benzene rings is 2. The third-order valence-corrected chi connectivity index (χ3v) is 3.41. The Kier molecular flexibility index (Phi) is 2.07. The van der Waals surface area contributed by atoms with Crippen LogP contribution in [0, 0.1) is 6.92 Å². The zero-order valence-corrected chi connectivity index (χ0v) is 10.9. The second kappa shape index (κ2) is 4.34. The second-order valence-electron chi connectivity index (χ2n) is 4.83. The molecule has 5 nitrogen and oxygen atoms in total. The zero-order chi connectivity index (χ0) is 17.8. The Bertz CT molecular complexity index is 900. The lowest BCUT2D eigenvalue weighted by Crippen LogP contribution is -2.21. The van der Waals surface area contributed by atoms with Crippen molar-refractivity contribution in [2.45, 2.75) is 6.92 Å². The summed E-state index contributed by atoms with van der Waals surface area (Å²) in [6.45, 7) is 1.65. The molecule has 2 aromatic carbocycles. The predicted molar refractivity (Wildman–Crippen MR) is 74.4 cm³/mol. The van der Waals surface area contributed by atoms with Crippen LogP contribution in [0.3, 0.4) is 0 Å². The number of rotatable bonds is 1. The average molecular weight is 287 g/mol. The molecule has 5 heteroatoms. The van der Waals surface area contributed by atoms with Gasteiger partial charge in [0.05, 0.1) is 22.3 Å². The molecule has 0 saturated heterocycles. The number of carbonyl (C=O) groups is 2. The van der Waals surface area contributed by atoms with Gasteiger partial charge in [-0.25, -0.2) is 0 Å². The zero-order valence-electron chi connectivity index (χ0n) is 13.9. The summed E-state index contributed by atoms with van der Waals surface area (Å²) >= 11 is 0. The molecule has 0 heterocycles. The van der Waals surface area contributed by atoms with Gasteiger partial charge in [0.15, 0.2) is 5.78 Å². The van der Waals surface area contributed by atoms with Gasteiger partial charge < -0.3 is 14.9 Å². The number of phenolic OH excluding ortho intramolecular Hbond substituents is 2. The number of ketones is 2. The van der Waals surface area contributed by atoms with E-state index in [1.165, 1.54) is 12.1 Å². The van der Waals surface area contributed by atoms with Gasteiger partial charge >= 0.3 is 0 Å². The van der Waals surface area contributed by atoms with Crippen molar-refractivity contribution in [1.82, 2.24) is 0 Å². The fourth-order valence-electron chi connectivity index (χ4n) is 2.53.